The van der Waals surface area contributed by atoms with Crippen molar-refractivity contribution in [3.63, 3.8) is 0 Å². The van der Waals surface area contributed by atoms with Crippen molar-refractivity contribution in [3.05, 3.63) is 29.6 Å². The van der Waals surface area contributed by atoms with Crippen LogP contribution < -0.4 is 16.2 Å². The van der Waals surface area contributed by atoms with Gasteiger partial charge in [-0.1, -0.05) is 0 Å². The molecular formula is C14H20FN3O2. The summed E-state index contributed by atoms with van der Waals surface area (Å²) in [6, 6.07) is 4.29. The number of hydrogen-bond acceptors (Lipinski definition) is 4. The molecule has 1 amide bonds. The minimum absolute atomic E-state index is 0.257. The van der Waals surface area contributed by atoms with Crippen molar-refractivity contribution in [3.8, 4) is 5.75 Å². The molecule has 0 aromatic heterocycles. The summed E-state index contributed by atoms with van der Waals surface area (Å²) in [6.07, 6.45) is 0.848. The third kappa shape index (κ3) is 3.26. The van der Waals surface area contributed by atoms with Gasteiger partial charge in [-0.25, -0.2) is 4.39 Å². The van der Waals surface area contributed by atoms with Gasteiger partial charge in [0.15, 0.2) is 11.6 Å². The number of rotatable bonds is 4. The van der Waals surface area contributed by atoms with E-state index in [0.29, 0.717) is 24.5 Å². The zero-order valence-electron chi connectivity index (χ0n) is 11.6. The maximum Gasteiger partial charge on any atom is 0.251 e. The van der Waals surface area contributed by atoms with Crippen molar-refractivity contribution in [1.29, 1.82) is 0 Å². The minimum atomic E-state index is -0.729. The summed E-state index contributed by atoms with van der Waals surface area (Å²) in [5.74, 6) is -1.10. The molecule has 0 saturated carbocycles. The van der Waals surface area contributed by atoms with Crippen LogP contribution in [0.25, 0.3) is 0 Å². The monoisotopic (exact) mass is 281 g/mol. The summed E-state index contributed by atoms with van der Waals surface area (Å²) in [4.78, 5) is 11.9. The van der Waals surface area contributed by atoms with Crippen LogP contribution >= 0.6 is 0 Å². The molecule has 1 saturated heterocycles. The lowest BCUT2D eigenvalue weighted by Gasteiger charge is -2.17. The van der Waals surface area contributed by atoms with Crippen molar-refractivity contribution in [2.45, 2.75) is 32.4 Å². The first-order valence-corrected chi connectivity index (χ1v) is 6.77. The Morgan fingerprint density at radius 3 is 2.60 bits per heavy atom. The van der Waals surface area contributed by atoms with E-state index < -0.39 is 11.6 Å². The standard InChI is InChI=1S/C14H20FN3O2/c1-8-11(9(2)18-17-8)5-6-16-14(20)10-3-4-12(15)13(19)7-10/h3-4,7-9,11,17-19H,5-6H2,1-2H3,(H,16,20). The molecule has 5 nitrogen and oxygen atoms in total. The maximum absolute atomic E-state index is 12.9. The summed E-state index contributed by atoms with van der Waals surface area (Å²) in [6.45, 7) is 4.74. The predicted octanol–water partition coefficient (Wildman–Crippen LogP) is 1.15. The number of hydrazine groups is 1. The van der Waals surface area contributed by atoms with E-state index in [1.807, 2.05) is 0 Å². The topological polar surface area (TPSA) is 73.4 Å². The van der Waals surface area contributed by atoms with Crippen molar-refractivity contribution < 1.29 is 14.3 Å². The third-order valence-electron chi connectivity index (χ3n) is 3.79. The fourth-order valence-electron chi connectivity index (χ4n) is 2.52. The van der Waals surface area contributed by atoms with Gasteiger partial charge in [-0.05, 0) is 44.4 Å². The van der Waals surface area contributed by atoms with E-state index in [1.165, 1.54) is 6.07 Å². The zero-order valence-corrected chi connectivity index (χ0v) is 11.6. The molecule has 20 heavy (non-hydrogen) atoms. The summed E-state index contributed by atoms with van der Waals surface area (Å²) in [5.41, 5.74) is 6.59. The molecule has 0 bridgehead atoms. The van der Waals surface area contributed by atoms with Gasteiger partial charge in [0.2, 0.25) is 0 Å². The van der Waals surface area contributed by atoms with Crippen LogP contribution in [-0.2, 0) is 0 Å². The third-order valence-corrected chi connectivity index (χ3v) is 3.79. The average molecular weight is 281 g/mol. The first-order valence-electron chi connectivity index (χ1n) is 6.77. The molecular weight excluding hydrogens is 261 g/mol. The summed E-state index contributed by atoms with van der Waals surface area (Å²) < 4.78 is 12.9. The van der Waals surface area contributed by atoms with Crippen molar-refractivity contribution >= 4 is 5.91 Å². The molecule has 1 heterocycles. The highest BCUT2D eigenvalue weighted by Crippen LogP contribution is 2.18. The van der Waals surface area contributed by atoms with Gasteiger partial charge in [-0.15, -0.1) is 0 Å². The number of benzene rings is 1. The molecule has 2 unspecified atom stereocenters. The highest BCUT2D eigenvalue weighted by Gasteiger charge is 2.29. The number of phenols is 1. The van der Waals surface area contributed by atoms with Gasteiger partial charge in [-0.2, -0.15) is 0 Å². The number of aromatic hydroxyl groups is 1. The fraction of sp³-hybridized carbons (Fsp3) is 0.500. The zero-order chi connectivity index (χ0) is 14.7. The van der Waals surface area contributed by atoms with E-state index in [2.05, 4.69) is 30.0 Å². The summed E-state index contributed by atoms with van der Waals surface area (Å²) >= 11 is 0. The van der Waals surface area contributed by atoms with Gasteiger partial charge < -0.3 is 10.4 Å². The lowest BCUT2D eigenvalue weighted by atomic mass is 9.93. The molecule has 1 aromatic rings. The Bertz CT molecular complexity index is 485. The van der Waals surface area contributed by atoms with Crippen LogP contribution in [0.1, 0.15) is 30.6 Å². The Kier molecular flexibility index (Phi) is 4.57. The molecule has 0 spiro atoms. The Balaban J connectivity index is 1.84. The van der Waals surface area contributed by atoms with Crippen LogP contribution in [0.15, 0.2) is 18.2 Å². The van der Waals surface area contributed by atoms with E-state index >= 15 is 0 Å². The number of phenolic OH excluding ortho intramolecular Hbond substituents is 1. The lowest BCUT2D eigenvalue weighted by molar-refractivity contribution is 0.0950. The molecule has 4 N–H and O–H groups in total. The Labute approximate surface area is 117 Å². The average Bonchev–Trinajstić information content (AvgIpc) is 2.73. The lowest BCUT2D eigenvalue weighted by Crippen LogP contribution is -2.30. The largest absolute Gasteiger partial charge is 0.505 e. The Hall–Kier alpha value is -1.66. The number of carbonyl (C=O) groups excluding carboxylic acids is 1. The van der Waals surface area contributed by atoms with Gasteiger partial charge in [0.05, 0.1) is 0 Å². The second kappa shape index (κ2) is 6.19. The quantitative estimate of drug-likeness (QED) is 0.668. The van der Waals surface area contributed by atoms with Crippen LogP contribution in [0.3, 0.4) is 0 Å². The molecule has 1 aliphatic heterocycles. The van der Waals surface area contributed by atoms with E-state index in [1.54, 1.807) is 0 Å². The second-order valence-corrected chi connectivity index (χ2v) is 5.24. The summed E-state index contributed by atoms with van der Waals surface area (Å²) in [5, 5.41) is 12.0. The van der Waals surface area contributed by atoms with Gasteiger partial charge in [0.25, 0.3) is 5.91 Å². The van der Waals surface area contributed by atoms with Gasteiger partial charge in [0.1, 0.15) is 0 Å². The molecule has 0 aliphatic carbocycles. The molecule has 0 radical (unpaired) electrons. The van der Waals surface area contributed by atoms with Crippen LogP contribution in [0, 0.1) is 11.7 Å². The first-order chi connectivity index (χ1) is 9.49. The van der Waals surface area contributed by atoms with Crippen LogP contribution in [0.4, 0.5) is 4.39 Å². The van der Waals surface area contributed by atoms with Crippen LogP contribution in [0.2, 0.25) is 0 Å². The highest BCUT2D eigenvalue weighted by molar-refractivity contribution is 5.94. The van der Waals surface area contributed by atoms with Crippen molar-refractivity contribution in [2.24, 2.45) is 5.92 Å². The molecule has 1 aliphatic rings. The number of hydrogen-bond donors (Lipinski definition) is 4. The van der Waals surface area contributed by atoms with Gasteiger partial charge >= 0.3 is 0 Å². The second-order valence-electron chi connectivity index (χ2n) is 5.24. The Morgan fingerprint density at radius 1 is 1.35 bits per heavy atom. The number of carbonyl (C=O) groups is 1. The van der Waals surface area contributed by atoms with Crippen molar-refractivity contribution in [2.75, 3.05) is 6.54 Å². The number of nitrogens with one attached hydrogen (secondary N) is 3. The van der Waals surface area contributed by atoms with Gasteiger partial charge in [-0.3, -0.25) is 15.6 Å². The normalized spacial score (nSPS) is 25.6. The Morgan fingerprint density at radius 2 is 2.00 bits per heavy atom. The van der Waals surface area contributed by atoms with Crippen LogP contribution in [0.5, 0.6) is 5.75 Å². The van der Waals surface area contributed by atoms with E-state index in [4.69, 9.17) is 0 Å². The van der Waals surface area contributed by atoms with Crippen LogP contribution in [-0.4, -0.2) is 29.6 Å². The highest BCUT2D eigenvalue weighted by atomic mass is 19.1. The SMILES string of the molecule is CC1NNC(C)C1CCNC(=O)c1ccc(F)c(O)c1. The van der Waals surface area contributed by atoms with Crippen molar-refractivity contribution in [1.82, 2.24) is 16.2 Å². The first kappa shape index (κ1) is 14.7. The molecule has 110 valence electrons. The molecule has 2 rings (SSSR count). The van der Waals surface area contributed by atoms with Gasteiger partial charge in [0, 0.05) is 24.2 Å². The smallest absolute Gasteiger partial charge is 0.251 e. The van der Waals surface area contributed by atoms with E-state index in [0.717, 1.165) is 18.6 Å². The maximum atomic E-state index is 12.9. The number of halogens is 1. The van der Waals surface area contributed by atoms with E-state index in [9.17, 15) is 14.3 Å². The molecule has 6 heteroatoms. The molecule has 1 aromatic carbocycles. The fourth-order valence-corrected chi connectivity index (χ4v) is 2.52. The minimum Gasteiger partial charge on any atom is -0.505 e. The number of amides is 1. The molecule has 2 atom stereocenters. The predicted molar refractivity (Wildman–Crippen MR) is 73.7 cm³/mol. The molecule has 1 fully saturated rings. The summed E-state index contributed by atoms with van der Waals surface area (Å²) in [7, 11) is 0. The van der Waals surface area contributed by atoms with E-state index in [-0.39, 0.29) is 11.5 Å².